The Morgan fingerprint density at radius 2 is 1.76 bits per heavy atom. The fraction of sp³-hybridized carbons (Fsp3) is 0.143. The summed E-state index contributed by atoms with van der Waals surface area (Å²) in [6, 6.07) is 23.3. The van der Waals surface area contributed by atoms with Crippen molar-refractivity contribution < 1.29 is 14.3 Å². The minimum Gasteiger partial charge on any atom is -0.465 e. The minimum atomic E-state index is -0.580. The Bertz CT molecular complexity index is 1520. The van der Waals surface area contributed by atoms with Crippen molar-refractivity contribution in [1.29, 1.82) is 0 Å². The third-order valence-corrected chi connectivity index (χ3v) is 7.33. The number of nitrogens with one attached hydrogen (secondary N) is 2. The molecule has 38 heavy (non-hydrogen) atoms. The number of para-hydroxylation sites is 1. The van der Waals surface area contributed by atoms with Crippen LogP contribution in [0.4, 0.5) is 11.6 Å². The number of methoxy groups -OCH3 is 1. The topological polar surface area (TPSA) is 98.1 Å². The van der Waals surface area contributed by atoms with Gasteiger partial charge in [0.05, 0.1) is 18.2 Å². The average molecular weight is 546 g/mol. The molecule has 192 valence electrons. The predicted molar refractivity (Wildman–Crippen MR) is 148 cm³/mol. The number of rotatable bonds is 7. The quantitative estimate of drug-likeness (QED) is 0.219. The van der Waals surface area contributed by atoms with Gasteiger partial charge in [0.15, 0.2) is 0 Å². The van der Waals surface area contributed by atoms with Gasteiger partial charge in [-0.1, -0.05) is 71.9 Å². The summed E-state index contributed by atoms with van der Waals surface area (Å²) in [6.07, 6.45) is 0. The lowest BCUT2D eigenvalue weighted by Crippen LogP contribution is -2.31. The molecule has 1 aromatic heterocycles. The second kappa shape index (κ2) is 11.1. The van der Waals surface area contributed by atoms with Gasteiger partial charge in [0.2, 0.25) is 11.1 Å². The number of hydrogen-bond acceptors (Lipinski definition) is 7. The van der Waals surface area contributed by atoms with Crippen molar-refractivity contribution in [2.75, 3.05) is 17.7 Å². The van der Waals surface area contributed by atoms with Crippen LogP contribution < -0.4 is 10.6 Å². The highest BCUT2D eigenvalue weighted by Crippen LogP contribution is 2.37. The van der Waals surface area contributed by atoms with Gasteiger partial charge in [-0.3, -0.25) is 4.79 Å². The molecule has 0 spiro atoms. The molecule has 0 bridgehead atoms. The number of benzene rings is 3. The summed E-state index contributed by atoms with van der Waals surface area (Å²) >= 11 is 7.78. The maximum atomic E-state index is 13.6. The zero-order valence-electron chi connectivity index (χ0n) is 20.6. The van der Waals surface area contributed by atoms with E-state index in [0.717, 1.165) is 11.1 Å². The molecule has 1 aliphatic heterocycles. The summed E-state index contributed by atoms with van der Waals surface area (Å²) in [4.78, 5) is 30.3. The molecule has 0 saturated heterocycles. The first-order valence-electron chi connectivity index (χ1n) is 11.8. The number of anilines is 2. The van der Waals surface area contributed by atoms with Gasteiger partial charge >= 0.3 is 5.97 Å². The summed E-state index contributed by atoms with van der Waals surface area (Å²) in [5.74, 6) is 0.405. The van der Waals surface area contributed by atoms with E-state index < -0.39 is 12.0 Å². The maximum absolute atomic E-state index is 13.6. The summed E-state index contributed by atoms with van der Waals surface area (Å²) in [5.41, 5.74) is 3.98. The molecular formula is C28H24ClN5O3S. The average Bonchev–Trinajstić information content (AvgIpc) is 3.34. The molecule has 0 radical (unpaired) electrons. The number of aromatic nitrogens is 3. The first-order valence-corrected chi connectivity index (χ1v) is 13.2. The molecule has 0 fully saturated rings. The Morgan fingerprint density at radius 1 is 1.05 bits per heavy atom. The van der Waals surface area contributed by atoms with Gasteiger partial charge in [-0.2, -0.15) is 4.98 Å². The van der Waals surface area contributed by atoms with Crippen molar-refractivity contribution in [2.24, 2.45) is 0 Å². The van der Waals surface area contributed by atoms with E-state index in [4.69, 9.17) is 21.4 Å². The number of halogens is 1. The van der Waals surface area contributed by atoms with Crippen LogP contribution in [-0.4, -0.2) is 33.8 Å². The number of ether oxygens (including phenoxy) is 1. The van der Waals surface area contributed by atoms with E-state index in [2.05, 4.69) is 15.6 Å². The van der Waals surface area contributed by atoms with E-state index in [1.807, 2.05) is 61.5 Å². The predicted octanol–water partition coefficient (Wildman–Crippen LogP) is 5.94. The van der Waals surface area contributed by atoms with Gasteiger partial charge in [-0.15, -0.1) is 5.10 Å². The summed E-state index contributed by atoms with van der Waals surface area (Å²) in [6.45, 7) is 1.84. The van der Waals surface area contributed by atoms with Crippen LogP contribution in [0.2, 0.25) is 5.02 Å². The van der Waals surface area contributed by atoms with Gasteiger partial charge in [0.25, 0.3) is 5.91 Å². The third-order valence-electron chi connectivity index (χ3n) is 6.07. The molecule has 1 unspecified atom stereocenters. The van der Waals surface area contributed by atoms with E-state index in [1.165, 1.54) is 18.9 Å². The van der Waals surface area contributed by atoms with Crippen molar-refractivity contribution >= 4 is 46.9 Å². The monoisotopic (exact) mass is 545 g/mol. The third kappa shape index (κ3) is 5.29. The highest BCUT2D eigenvalue weighted by atomic mass is 35.5. The molecule has 5 rings (SSSR count). The highest BCUT2D eigenvalue weighted by molar-refractivity contribution is 7.98. The van der Waals surface area contributed by atoms with Crippen LogP contribution in [-0.2, 0) is 15.3 Å². The molecule has 1 atom stereocenters. The van der Waals surface area contributed by atoms with Crippen molar-refractivity contribution in [2.45, 2.75) is 23.9 Å². The lowest BCUT2D eigenvalue weighted by atomic mass is 9.94. The van der Waals surface area contributed by atoms with Crippen LogP contribution >= 0.6 is 23.4 Å². The number of fused-ring (bicyclic) bond motifs is 1. The van der Waals surface area contributed by atoms with Crippen molar-refractivity contribution in [3.63, 3.8) is 0 Å². The van der Waals surface area contributed by atoms with Gasteiger partial charge in [-0.25, -0.2) is 9.48 Å². The van der Waals surface area contributed by atoms with E-state index in [0.29, 0.717) is 44.4 Å². The Kier molecular flexibility index (Phi) is 7.48. The van der Waals surface area contributed by atoms with Crippen LogP contribution in [0.25, 0.3) is 0 Å². The van der Waals surface area contributed by atoms with Crippen molar-refractivity contribution in [1.82, 2.24) is 14.8 Å². The number of esters is 1. The molecule has 1 amide bonds. The SMILES string of the molecule is COC(=O)c1ccc(C2C(C(=O)Nc3ccccc3)=C(C)Nc3nc(SCc4ccccc4Cl)nn32)cc1. The fourth-order valence-corrected chi connectivity index (χ4v) is 5.31. The Hall–Kier alpha value is -4.08. The second-order valence-corrected chi connectivity index (χ2v) is 9.89. The Labute approximate surface area is 229 Å². The van der Waals surface area contributed by atoms with Crippen LogP contribution in [0.3, 0.4) is 0 Å². The van der Waals surface area contributed by atoms with Crippen LogP contribution in [0, 0.1) is 0 Å². The van der Waals surface area contributed by atoms with Crippen molar-refractivity contribution in [3.05, 3.63) is 112 Å². The van der Waals surface area contributed by atoms with E-state index in [9.17, 15) is 9.59 Å². The Morgan fingerprint density at radius 3 is 2.47 bits per heavy atom. The number of carbonyl (C=O) groups excluding carboxylic acids is 2. The molecule has 10 heteroatoms. The van der Waals surface area contributed by atoms with Crippen molar-refractivity contribution in [3.8, 4) is 0 Å². The van der Waals surface area contributed by atoms with E-state index >= 15 is 0 Å². The first-order chi connectivity index (χ1) is 18.4. The molecule has 0 aliphatic carbocycles. The fourth-order valence-electron chi connectivity index (χ4n) is 4.19. The largest absolute Gasteiger partial charge is 0.465 e. The number of hydrogen-bond donors (Lipinski definition) is 2. The highest BCUT2D eigenvalue weighted by Gasteiger charge is 2.34. The molecule has 3 aromatic carbocycles. The van der Waals surface area contributed by atoms with Gasteiger partial charge in [0.1, 0.15) is 6.04 Å². The number of nitrogens with zero attached hydrogens (tertiary/aromatic N) is 3. The van der Waals surface area contributed by atoms with Gasteiger partial charge < -0.3 is 15.4 Å². The van der Waals surface area contributed by atoms with E-state index in [-0.39, 0.29) is 5.91 Å². The number of amides is 1. The number of thioether (sulfide) groups is 1. The number of carbonyl (C=O) groups is 2. The maximum Gasteiger partial charge on any atom is 0.337 e. The molecular weight excluding hydrogens is 522 g/mol. The second-order valence-electron chi connectivity index (χ2n) is 8.54. The summed E-state index contributed by atoms with van der Waals surface area (Å²) in [7, 11) is 1.34. The first kappa shape index (κ1) is 25.6. The van der Waals surface area contributed by atoms with Crippen LogP contribution in [0.5, 0.6) is 0 Å². The summed E-state index contributed by atoms with van der Waals surface area (Å²) in [5, 5.41) is 12.2. The zero-order chi connectivity index (χ0) is 26.6. The molecule has 0 saturated carbocycles. The van der Waals surface area contributed by atoms with Gasteiger partial charge in [-0.05, 0) is 48.4 Å². The summed E-state index contributed by atoms with van der Waals surface area (Å²) < 4.78 is 6.54. The zero-order valence-corrected chi connectivity index (χ0v) is 22.2. The molecule has 2 heterocycles. The smallest absolute Gasteiger partial charge is 0.337 e. The molecule has 2 N–H and O–H groups in total. The molecule has 1 aliphatic rings. The van der Waals surface area contributed by atoms with Crippen LogP contribution in [0.15, 0.2) is 95.3 Å². The van der Waals surface area contributed by atoms with Gasteiger partial charge in [0, 0.05) is 22.2 Å². The number of allylic oxidation sites excluding steroid dienone is 1. The minimum absolute atomic E-state index is 0.269. The lowest BCUT2D eigenvalue weighted by molar-refractivity contribution is -0.113. The lowest BCUT2D eigenvalue weighted by Gasteiger charge is -2.28. The van der Waals surface area contributed by atoms with Crippen LogP contribution in [0.1, 0.15) is 34.5 Å². The standard InChI is InChI=1S/C28H24ClN5O3S/c1-17-23(25(35)31-21-9-4-3-5-10-21)24(18-12-14-19(15-13-18)26(36)37-2)34-27(30-17)32-28(33-34)38-16-20-8-6-7-11-22(20)29/h3-15,24H,16H2,1-2H3,(H,31,35)(H,30,32,33). The Balaban J connectivity index is 1.50. The van der Waals surface area contributed by atoms with E-state index in [1.54, 1.807) is 28.9 Å². The molecule has 8 nitrogen and oxygen atoms in total. The molecule has 4 aromatic rings. The normalized spacial score (nSPS) is 14.4.